The van der Waals surface area contributed by atoms with Gasteiger partial charge in [-0.1, -0.05) is 18.2 Å². The van der Waals surface area contributed by atoms with Crippen LogP contribution in [0.2, 0.25) is 0 Å². The Morgan fingerprint density at radius 3 is 2.15 bits per heavy atom. The molecule has 0 amide bonds. The number of hydrogen-bond acceptors (Lipinski definition) is 4. The van der Waals surface area contributed by atoms with Crippen molar-refractivity contribution in [2.24, 2.45) is 0 Å². The molecule has 4 nitrogen and oxygen atoms in total. The number of piperidine rings is 1. The molecule has 112 valence electrons. The molecule has 1 aromatic rings. The summed E-state index contributed by atoms with van der Waals surface area (Å²) in [6.07, 6.45) is 1.71. The van der Waals surface area contributed by atoms with E-state index in [1.54, 1.807) is 0 Å². The summed E-state index contributed by atoms with van der Waals surface area (Å²) in [5.41, 5.74) is 0.955. The van der Waals surface area contributed by atoms with E-state index in [4.69, 9.17) is 0 Å². The molecule has 0 spiro atoms. The summed E-state index contributed by atoms with van der Waals surface area (Å²) >= 11 is 0. The predicted molar refractivity (Wildman–Crippen MR) is 80.8 cm³/mol. The van der Waals surface area contributed by atoms with E-state index in [1.165, 1.54) is 5.69 Å². The molecule has 1 aliphatic rings. The maximum atomic E-state index is 9.60. The van der Waals surface area contributed by atoms with Gasteiger partial charge in [-0.05, 0) is 45.7 Å². The maximum Gasteiger partial charge on any atom is 0.293 e. The second-order valence-corrected chi connectivity index (χ2v) is 5.88. The number of anilines is 1. The van der Waals surface area contributed by atoms with Gasteiger partial charge in [0.15, 0.2) is 0 Å². The summed E-state index contributed by atoms with van der Waals surface area (Å²) in [6.45, 7) is 7.88. The van der Waals surface area contributed by atoms with Crippen LogP contribution in [0.25, 0.3) is 0 Å². The molecule has 1 heterocycles. The van der Waals surface area contributed by atoms with E-state index in [-0.39, 0.29) is 11.7 Å². The monoisotopic (exact) mass is 279 g/mol. The summed E-state index contributed by atoms with van der Waals surface area (Å²) in [5.74, 6) is 0. The van der Waals surface area contributed by atoms with Gasteiger partial charge in [-0.2, -0.15) is 0 Å². The highest BCUT2D eigenvalue weighted by atomic mass is 16.5. The lowest BCUT2D eigenvalue weighted by Crippen LogP contribution is -2.35. The van der Waals surface area contributed by atoms with Crippen molar-refractivity contribution < 1.29 is 14.6 Å². The summed E-state index contributed by atoms with van der Waals surface area (Å²) in [4.78, 5) is 11.9. The van der Waals surface area contributed by atoms with Crippen LogP contribution in [0.1, 0.15) is 33.6 Å². The van der Waals surface area contributed by atoms with Gasteiger partial charge in [0, 0.05) is 18.8 Å². The molecule has 0 atom stereocenters. The van der Waals surface area contributed by atoms with Crippen LogP contribution in [-0.2, 0) is 9.53 Å². The van der Waals surface area contributed by atoms with E-state index in [9.17, 15) is 9.90 Å². The zero-order valence-electron chi connectivity index (χ0n) is 12.6. The molecule has 0 radical (unpaired) electrons. The Bertz CT molecular complexity index is 378. The number of benzene rings is 1. The molecular weight excluding hydrogens is 254 g/mol. The molecule has 0 saturated carbocycles. The van der Waals surface area contributed by atoms with Crippen LogP contribution in [0.4, 0.5) is 5.69 Å². The second kappa shape index (κ2) is 7.90. The number of aliphatic hydroxyl groups excluding tert-OH is 1. The normalized spacial score (nSPS) is 16.1. The van der Waals surface area contributed by atoms with Gasteiger partial charge in [0.25, 0.3) is 6.47 Å². The minimum Gasteiger partial charge on any atom is -0.462 e. The third kappa shape index (κ3) is 6.57. The Hall–Kier alpha value is -1.55. The average Bonchev–Trinajstić information content (AvgIpc) is 2.40. The first-order valence-corrected chi connectivity index (χ1v) is 7.02. The highest BCUT2D eigenvalue weighted by Crippen LogP contribution is 2.18. The van der Waals surface area contributed by atoms with Gasteiger partial charge in [-0.15, -0.1) is 0 Å². The molecule has 0 bridgehead atoms. The predicted octanol–water partition coefficient (Wildman–Crippen LogP) is 2.61. The minimum atomic E-state index is -0.318. The molecule has 0 aromatic heterocycles. The summed E-state index contributed by atoms with van der Waals surface area (Å²) in [7, 11) is 0. The van der Waals surface area contributed by atoms with Crippen molar-refractivity contribution >= 4 is 12.2 Å². The van der Waals surface area contributed by atoms with Crippen molar-refractivity contribution in [3.05, 3.63) is 30.3 Å². The topological polar surface area (TPSA) is 49.8 Å². The van der Waals surface area contributed by atoms with E-state index in [0.29, 0.717) is 6.47 Å². The van der Waals surface area contributed by atoms with Crippen molar-refractivity contribution in [1.82, 2.24) is 0 Å². The third-order valence-corrected chi connectivity index (χ3v) is 2.99. The van der Waals surface area contributed by atoms with Crippen molar-refractivity contribution in [3.63, 3.8) is 0 Å². The Morgan fingerprint density at radius 2 is 1.75 bits per heavy atom. The van der Waals surface area contributed by atoms with Crippen LogP contribution in [0.3, 0.4) is 0 Å². The summed E-state index contributed by atoms with van der Waals surface area (Å²) < 4.78 is 4.55. The number of ether oxygens (including phenoxy) is 1. The molecule has 1 aliphatic heterocycles. The van der Waals surface area contributed by atoms with Gasteiger partial charge >= 0.3 is 0 Å². The van der Waals surface area contributed by atoms with Crippen molar-refractivity contribution in [1.29, 1.82) is 0 Å². The molecule has 1 saturated heterocycles. The number of carbonyl (C=O) groups is 1. The van der Waals surface area contributed by atoms with Crippen molar-refractivity contribution in [2.45, 2.75) is 45.3 Å². The number of hydrogen-bond donors (Lipinski definition) is 1. The SMILES string of the molecule is CC(C)(C)OC=O.OC1CCN(c2ccccc2)CC1. The number of carbonyl (C=O) groups excluding carboxylic acids is 1. The average molecular weight is 279 g/mol. The van der Waals surface area contributed by atoms with E-state index < -0.39 is 0 Å². The van der Waals surface area contributed by atoms with Crippen LogP contribution < -0.4 is 4.90 Å². The van der Waals surface area contributed by atoms with Crippen LogP contribution in [-0.4, -0.2) is 36.4 Å². The smallest absolute Gasteiger partial charge is 0.293 e. The molecule has 1 aromatic carbocycles. The third-order valence-electron chi connectivity index (χ3n) is 2.99. The number of aliphatic hydroxyl groups is 1. The molecule has 0 aliphatic carbocycles. The van der Waals surface area contributed by atoms with Gasteiger partial charge in [-0.3, -0.25) is 4.79 Å². The zero-order chi connectivity index (χ0) is 15.0. The van der Waals surface area contributed by atoms with Crippen LogP contribution in [0.15, 0.2) is 30.3 Å². The minimum absolute atomic E-state index is 0.0834. The Morgan fingerprint density at radius 1 is 1.20 bits per heavy atom. The first kappa shape index (κ1) is 16.5. The molecule has 20 heavy (non-hydrogen) atoms. The Kier molecular flexibility index (Phi) is 6.52. The molecule has 1 N–H and O–H groups in total. The highest BCUT2D eigenvalue weighted by molar-refractivity contribution is 5.46. The summed E-state index contributed by atoms with van der Waals surface area (Å²) in [6, 6.07) is 10.4. The lowest BCUT2D eigenvalue weighted by molar-refractivity contribution is -0.138. The van der Waals surface area contributed by atoms with E-state index in [1.807, 2.05) is 26.8 Å². The van der Waals surface area contributed by atoms with Gasteiger partial charge in [0.1, 0.15) is 5.60 Å². The largest absolute Gasteiger partial charge is 0.462 e. The van der Waals surface area contributed by atoms with Crippen LogP contribution in [0.5, 0.6) is 0 Å². The fourth-order valence-corrected chi connectivity index (χ4v) is 1.91. The molecule has 4 heteroatoms. The van der Waals surface area contributed by atoms with Gasteiger partial charge in [-0.25, -0.2) is 0 Å². The second-order valence-electron chi connectivity index (χ2n) is 5.88. The number of nitrogens with zero attached hydrogens (tertiary/aromatic N) is 1. The van der Waals surface area contributed by atoms with Crippen molar-refractivity contribution in [3.8, 4) is 0 Å². The first-order chi connectivity index (χ1) is 9.42. The molecule has 1 fully saturated rings. The van der Waals surface area contributed by atoms with E-state index in [0.717, 1.165) is 25.9 Å². The van der Waals surface area contributed by atoms with Gasteiger partial charge < -0.3 is 14.7 Å². The lowest BCUT2D eigenvalue weighted by Gasteiger charge is -2.31. The zero-order valence-corrected chi connectivity index (χ0v) is 12.6. The van der Waals surface area contributed by atoms with Crippen LogP contribution in [0, 0.1) is 0 Å². The summed E-state index contributed by atoms with van der Waals surface area (Å²) in [5, 5.41) is 9.35. The highest BCUT2D eigenvalue weighted by Gasteiger charge is 2.16. The molecule has 2 rings (SSSR count). The van der Waals surface area contributed by atoms with E-state index in [2.05, 4.69) is 33.9 Å². The number of rotatable bonds is 2. The molecule has 0 unspecified atom stereocenters. The lowest BCUT2D eigenvalue weighted by atomic mass is 10.1. The molecular formula is C16H25NO3. The van der Waals surface area contributed by atoms with Gasteiger partial charge in [0.2, 0.25) is 0 Å². The quantitative estimate of drug-likeness (QED) is 0.845. The van der Waals surface area contributed by atoms with E-state index >= 15 is 0 Å². The Balaban J connectivity index is 0.000000246. The number of para-hydroxylation sites is 1. The van der Waals surface area contributed by atoms with Gasteiger partial charge in [0.05, 0.1) is 6.10 Å². The standard InChI is InChI=1S/C11H15NO.C5H10O2/c13-11-6-8-12(9-7-11)10-4-2-1-3-5-10;1-5(2,3)7-4-6/h1-5,11,13H,6-9H2;4H,1-3H3. The fourth-order valence-electron chi connectivity index (χ4n) is 1.91. The maximum absolute atomic E-state index is 9.60. The first-order valence-electron chi connectivity index (χ1n) is 7.02. The van der Waals surface area contributed by atoms with Crippen LogP contribution >= 0.6 is 0 Å². The fraction of sp³-hybridized carbons (Fsp3) is 0.562. The van der Waals surface area contributed by atoms with Crippen molar-refractivity contribution in [2.75, 3.05) is 18.0 Å². The Labute approximate surface area is 121 Å².